The molecule has 5 heteroatoms. The molecule has 5 nitrogen and oxygen atoms in total. The van der Waals surface area contributed by atoms with Crippen molar-refractivity contribution in [2.75, 3.05) is 0 Å². The lowest BCUT2D eigenvalue weighted by Gasteiger charge is -2.14. The number of rotatable bonds is 3. The van der Waals surface area contributed by atoms with Crippen LogP contribution in [0.5, 0.6) is 0 Å². The number of Topliss-reactive ketones (excluding diaryl/α,β-unsaturated/α-hetero) is 1. The Morgan fingerprint density at radius 1 is 1.56 bits per heavy atom. The van der Waals surface area contributed by atoms with Gasteiger partial charge in [0, 0.05) is 23.3 Å². The number of allylic oxidation sites excluding steroid dienone is 2. The van der Waals surface area contributed by atoms with Crippen molar-refractivity contribution in [3.05, 3.63) is 35.2 Å². The van der Waals surface area contributed by atoms with Crippen molar-refractivity contribution < 1.29 is 14.7 Å². The predicted molar refractivity (Wildman–Crippen MR) is 66.1 cm³/mol. The van der Waals surface area contributed by atoms with E-state index in [0.29, 0.717) is 5.57 Å². The molecule has 1 aromatic heterocycles. The van der Waals surface area contributed by atoms with Gasteiger partial charge < -0.3 is 5.11 Å². The first-order valence-electron chi connectivity index (χ1n) is 5.71. The molecular formula is C13H14N2O3. The molecule has 0 radical (unpaired) electrons. The summed E-state index contributed by atoms with van der Waals surface area (Å²) in [6, 6.07) is 0.200. The van der Waals surface area contributed by atoms with Gasteiger partial charge in [0.05, 0.1) is 18.3 Å². The van der Waals surface area contributed by atoms with Gasteiger partial charge in [0.25, 0.3) is 0 Å². The van der Waals surface area contributed by atoms with Crippen LogP contribution in [0.15, 0.2) is 23.9 Å². The van der Waals surface area contributed by atoms with Gasteiger partial charge in [-0.15, -0.1) is 0 Å². The molecule has 1 heterocycles. The van der Waals surface area contributed by atoms with Crippen molar-refractivity contribution in [3.8, 4) is 0 Å². The molecule has 1 aliphatic carbocycles. The first-order valence-corrected chi connectivity index (χ1v) is 5.71. The zero-order valence-electron chi connectivity index (χ0n) is 10.3. The quantitative estimate of drug-likeness (QED) is 0.822. The lowest BCUT2D eigenvalue weighted by molar-refractivity contribution is -0.131. The van der Waals surface area contributed by atoms with Crippen molar-refractivity contribution in [2.24, 2.45) is 0 Å². The first-order chi connectivity index (χ1) is 8.49. The van der Waals surface area contributed by atoms with Gasteiger partial charge in [0.15, 0.2) is 5.78 Å². The van der Waals surface area contributed by atoms with Gasteiger partial charge in [0.2, 0.25) is 0 Å². The van der Waals surface area contributed by atoms with E-state index >= 15 is 0 Å². The van der Waals surface area contributed by atoms with Crippen LogP contribution in [-0.4, -0.2) is 26.6 Å². The summed E-state index contributed by atoms with van der Waals surface area (Å²) in [4.78, 5) is 22.3. The number of hydrogen-bond donors (Lipinski definition) is 1. The van der Waals surface area contributed by atoms with Crippen LogP contribution in [0.2, 0.25) is 0 Å². The van der Waals surface area contributed by atoms with Gasteiger partial charge in [-0.2, -0.15) is 5.10 Å². The van der Waals surface area contributed by atoms with E-state index in [-0.39, 0.29) is 18.2 Å². The fourth-order valence-corrected chi connectivity index (χ4v) is 1.95. The van der Waals surface area contributed by atoms with Gasteiger partial charge in [-0.25, -0.2) is 4.79 Å². The highest BCUT2D eigenvalue weighted by atomic mass is 16.4. The van der Waals surface area contributed by atoms with Crippen molar-refractivity contribution in [2.45, 2.75) is 26.3 Å². The van der Waals surface area contributed by atoms with Crippen LogP contribution in [0.3, 0.4) is 0 Å². The molecule has 0 saturated heterocycles. The topological polar surface area (TPSA) is 72.2 Å². The second-order valence-electron chi connectivity index (χ2n) is 4.46. The normalized spacial score (nSPS) is 15.1. The number of hydrogen-bond acceptors (Lipinski definition) is 3. The highest BCUT2D eigenvalue weighted by Gasteiger charge is 2.21. The molecule has 94 valence electrons. The molecule has 0 unspecified atom stereocenters. The van der Waals surface area contributed by atoms with Gasteiger partial charge in [-0.3, -0.25) is 9.48 Å². The van der Waals surface area contributed by atoms with E-state index in [0.717, 1.165) is 17.3 Å². The number of carbonyl (C=O) groups excluding carboxylic acids is 1. The van der Waals surface area contributed by atoms with Gasteiger partial charge >= 0.3 is 5.97 Å². The number of nitrogens with zero attached hydrogens (tertiary/aromatic N) is 2. The van der Waals surface area contributed by atoms with Gasteiger partial charge in [-0.05, 0) is 26.0 Å². The van der Waals surface area contributed by atoms with Crippen molar-refractivity contribution in [3.63, 3.8) is 0 Å². The Balaban J connectivity index is 2.39. The summed E-state index contributed by atoms with van der Waals surface area (Å²) >= 11 is 0. The Labute approximate surface area is 104 Å². The van der Waals surface area contributed by atoms with Crippen molar-refractivity contribution in [1.29, 1.82) is 0 Å². The first kappa shape index (κ1) is 12.3. The van der Waals surface area contributed by atoms with Crippen LogP contribution < -0.4 is 0 Å². The maximum atomic E-state index is 11.9. The van der Waals surface area contributed by atoms with Crippen molar-refractivity contribution in [1.82, 2.24) is 9.78 Å². The SMILES string of the molecule is CC(C)n1ncc2c1CC(=O)C(/C=C/C(=O)O)=C2. The second kappa shape index (κ2) is 4.60. The summed E-state index contributed by atoms with van der Waals surface area (Å²) < 4.78 is 1.82. The van der Waals surface area contributed by atoms with Crippen LogP contribution in [-0.2, 0) is 16.0 Å². The molecule has 2 rings (SSSR count). The second-order valence-corrected chi connectivity index (χ2v) is 4.46. The Bertz CT molecular complexity index is 565. The zero-order valence-corrected chi connectivity index (χ0v) is 10.3. The van der Waals surface area contributed by atoms with Crippen LogP contribution >= 0.6 is 0 Å². The minimum atomic E-state index is -1.06. The minimum Gasteiger partial charge on any atom is -0.478 e. The summed E-state index contributed by atoms with van der Waals surface area (Å²) in [5.74, 6) is -1.14. The fourth-order valence-electron chi connectivity index (χ4n) is 1.95. The molecular weight excluding hydrogens is 232 g/mol. The Hall–Kier alpha value is -2.17. The number of carbonyl (C=O) groups is 2. The van der Waals surface area contributed by atoms with Gasteiger partial charge in [0.1, 0.15) is 0 Å². The average Bonchev–Trinajstić information content (AvgIpc) is 2.68. The van der Waals surface area contributed by atoms with E-state index in [9.17, 15) is 9.59 Å². The summed E-state index contributed by atoms with van der Waals surface area (Å²) in [7, 11) is 0. The molecule has 0 fully saturated rings. The predicted octanol–water partition coefficient (Wildman–Crippen LogP) is 1.61. The van der Waals surface area contributed by atoms with E-state index in [1.165, 1.54) is 6.08 Å². The van der Waals surface area contributed by atoms with Crippen LogP contribution in [0.1, 0.15) is 31.1 Å². The maximum Gasteiger partial charge on any atom is 0.328 e. The Kier molecular flexibility index (Phi) is 3.14. The van der Waals surface area contributed by atoms with Crippen LogP contribution in [0, 0.1) is 0 Å². The molecule has 0 amide bonds. The van der Waals surface area contributed by atoms with Crippen molar-refractivity contribution >= 4 is 17.8 Å². The van der Waals surface area contributed by atoms with Gasteiger partial charge in [-0.1, -0.05) is 0 Å². The van der Waals surface area contributed by atoms with E-state index in [1.54, 1.807) is 12.3 Å². The number of carboxylic acid groups (broad SMARTS) is 1. The summed E-state index contributed by atoms with van der Waals surface area (Å²) in [5.41, 5.74) is 2.18. The molecule has 0 bridgehead atoms. The Morgan fingerprint density at radius 2 is 2.28 bits per heavy atom. The number of ketones is 1. The smallest absolute Gasteiger partial charge is 0.328 e. The summed E-state index contributed by atoms with van der Waals surface area (Å²) in [6.45, 7) is 4.00. The molecule has 18 heavy (non-hydrogen) atoms. The number of carboxylic acids is 1. The zero-order chi connectivity index (χ0) is 13.3. The van der Waals surface area contributed by atoms with Crippen LogP contribution in [0.4, 0.5) is 0 Å². The molecule has 1 aromatic rings. The number of fused-ring (bicyclic) bond motifs is 1. The van der Waals surface area contributed by atoms with E-state index in [1.807, 2.05) is 18.5 Å². The third-order valence-electron chi connectivity index (χ3n) is 2.79. The molecule has 1 aliphatic rings. The highest BCUT2D eigenvalue weighted by Crippen LogP contribution is 2.24. The largest absolute Gasteiger partial charge is 0.478 e. The van der Waals surface area contributed by atoms with E-state index < -0.39 is 5.97 Å². The molecule has 1 N–H and O–H groups in total. The number of aromatic nitrogens is 2. The lowest BCUT2D eigenvalue weighted by atomic mass is 9.96. The van der Waals surface area contributed by atoms with E-state index in [4.69, 9.17) is 5.11 Å². The standard InChI is InChI=1S/C13H14N2O3/c1-8(2)15-11-6-12(16)9(3-4-13(17)18)5-10(11)7-14-15/h3-5,7-8H,6H2,1-2H3,(H,17,18)/b4-3+. The average molecular weight is 246 g/mol. The molecule has 0 aromatic carbocycles. The molecule has 0 atom stereocenters. The number of aliphatic carboxylic acids is 1. The third-order valence-corrected chi connectivity index (χ3v) is 2.79. The maximum absolute atomic E-state index is 11.9. The monoisotopic (exact) mass is 246 g/mol. The highest BCUT2D eigenvalue weighted by molar-refractivity contribution is 6.06. The van der Waals surface area contributed by atoms with E-state index in [2.05, 4.69) is 5.10 Å². The minimum absolute atomic E-state index is 0.0811. The molecule has 0 saturated carbocycles. The fraction of sp³-hybridized carbons (Fsp3) is 0.308. The molecule has 0 aliphatic heterocycles. The van der Waals surface area contributed by atoms with Crippen LogP contribution in [0.25, 0.3) is 6.08 Å². The Morgan fingerprint density at radius 3 is 2.89 bits per heavy atom. The summed E-state index contributed by atoms with van der Waals surface area (Å²) in [5, 5.41) is 12.8. The molecule has 0 spiro atoms. The lowest BCUT2D eigenvalue weighted by Crippen LogP contribution is -2.16. The third kappa shape index (κ3) is 2.25. The summed E-state index contributed by atoms with van der Waals surface area (Å²) in [6.07, 6.45) is 5.97.